The normalized spacial score (nSPS) is 12.5. The number of nitrogens with zero attached hydrogens (tertiary/aromatic N) is 2. The van der Waals surface area contributed by atoms with Crippen LogP contribution in [0.3, 0.4) is 0 Å². The molecule has 1 amide bonds. The van der Waals surface area contributed by atoms with Crippen molar-refractivity contribution in [1.29, 1.82) is 0 Å². The Morgan fingerprint density at radius 1 is 0.957 bits per heavy atom. The van der Waals surface area contributed by atoms with Crippen molar-refractivity contribution in [2.24, 2.45) is 0 Å². The van der Waals surface area contributed by atoms with Crippen LogP contribution in [0.4, 0.5) is 24.5 Å². The molecule has 0 radical (unpaired) electrons. The first-order chi connectivity index (χ1) is 21.9. The van der Waals surface area contributed by atoms with Crippen molar-refractivity contribution in [3.63, 3.8) is 0 Å². The van der Waals surface area contributed by atoms with E-state index in [1.54, 1.807) is 17.8 Å². The van der Waals surface area contributed by atoms with Crippen LogP contribution in [-0.4, -0.2) is 30.4 Å². The number of alkyl halides is 3. The lowest BCUT2D eigenvalue weighted by Gasteiger charge is -2.22. The average molecular weight is 654 g/mol. The second-order valence-electron chi connectivity index (χ2n) is 12.3. The molecule has 0 saturated carbocycles. The quantitative estimate of drug-likeness (QED) is 0.197. The van der Waals surface area contributed by atoms with Crippen LogP contribution in [0.1, 0.15) is 99.0 Å². The maximum atomic E-state index is 13.8. The maximum Gasteiger partial charge on any atom is 0.416 e. The lowest BCUT2D eigenvalue weighted by Crippen LogP contribution is -2.25. The van der Waals surface area contributed by atoms with Crippen molar-refractivity contribution in [3.05, 3.63) is 99.0 Å². The summed E-state index contributed by atoms with van der Waals surface area (Å²) in [6.45, 7) is 18.2. The smallest absolute Gasteiger partial charge is 0.367 e. The van der Waals surface area contributed by atoms with E-state index in [1.165, 1.54) is 33.6 Å². The first-order valence-electron chi connectivity index (χ1n) is 16.4. The van der Waals surface area contributed by atoms with E-state index >= 15 is 0 Å². The highest BCUT2D eigenvalue weighted by molar-refractivity contribution is 8.02. The molecule has 46 heavy (non-hydrogen) atoms. The highest BCUT2D eigenvalue weighted by Crippen LogP contribution is 2.34. The van der Waals surface area contributed by atoms with Gasteiger partial charge in [-0.2, -0.15) is 13.2 Å². The fourth-order valence-electron chi connectivity index (χ4n) is 5.40. The van der Waals surface area contributed by atoms with Crippen LogP contribution in [0.2, 0.25) is 0 Å². The third kappa shape index (κ3) is 10.9. The Labute approximate surface area is 278 Å². The molecule has 0 saturated heterocycles. The molecule has 0 aromatic heterocycles. The number of thioether (sulfide) groups is 1. The Balaban J connectivity index is 0.00000185. The number of hydrogen-bond acceptors (Lipinski definition) is 4. The lowest BCUT2D eigenvalue weighted by molar-refractivity contribution is -0.137. The highest BCUT2D eigenvalue weighted by atomic mass is 32.2. The molecule has 3 aromatic rings. The number of aryl methyl sites for hydroxylation is 1. The minimum absolute atomic E-state index is 0.0103. The zero-order valence-electron chi connectivity index (χ0n) is 28.5. The van der Waals surface area contributed by atoms with Crippen LogP contribution in [-0.2, 0) is 25.7 Å². The van der Waals surface area contributed by atoms with E-state index in [0.717, 1.165) is 63.3 Å². The van der Waals surface area contributed by atoms with Gasteiger partial charge < -0.3 is 10.2 Å². The molecule has 1 aliphatic rings. The summed E-state index contributed by atoms with van der Waals surface area (Å²) in [4.78, 5) is 19.0. The summed E-state index contributed by atoms with van der Waals surface area (Å²) in [5, 5.41) is 5.03. The molecule has 0 bridgehead atoms. The summed E-state index contributed by atoms with van der Waals surface area (Å²) in [5.74, 6) is -0.547. The van der Waals surface area contributed by atoms with E-state index in [1.807, 2.05) is 18.2 Å². The van der Waals surface area contributed by atoms with Gasteiger partial charge in [-0.25, -0.2) is 0 Å². The monoisotopic (exact) mass is 653 g/mol. The number of halogens is 3. The number of nitrogens with one attached hydrogen (secondary N) is 1. The Kier molecular flexibility index (Phi) is 14.3. The number of rotatable bonds is 12. The maximum absolute atomic E-state index is 13.8. The highest BCUT2D eigenvalue weighted by Gasteiger charge is 2.32. The Hall–Kier alpha value is -3.23. The number of amides is 1. The molecule has 1 N–H and O–H groups in total. The molecule has 4 nitrogen and oxygen atoms in total. The predicted molar refractivity (Wildman–Crippen MR) is 189 cm³/mol. The number of allylic oxidation sites excluding steroid dienone is 1. The number of anilines is 2. The molecule has 1 aliphatic heterocycles. The third-order valence-corrected chi connectivity index (χ3v) is 8.73. The topological polar surface area (TPSA) is 35.6 Å². The van der Waals surface area contributed by atoms with E-state index in [2.05, 4.69) is 87.2 Å². The van der Waals surface area contributed by atoms with E-state index < -0.39 is 17.6 Å². The average Bonchev–Trinajstić information content (AvgIpc) is 3.39. The van der Waals surface area contributed by atoms with Gasteiger partial charge in [0, 0.05) is 41.5 Å². The van der Waals surface area contributed by atoms with Crippen LogP contribution in [0.5, 0.6) is 0 Å². The van der Waals surface area contributed by atoms with Gasteiger partial charge >= 0.3 is 6.18 Å². The van der Waals surface area contributed by atoms with Gasteiger partial charge in [0.2, 0.25) is 0 Å². The van der Waals surface area contributed by atoms with E-state index in [9.17, 15) is 18.0 Å². The van der Waals surface area contributed by atoms with Gasteiger partial charge in [-0.1, -0.05) is 69.6 Å². The first-order valence-corrected chi connectivity index (χ1v) is 17.3. The molecule has 0 unspecified atom stereocenters. The van der Waals surface area contributed by atoms with Crippen molar-refractivity contribution in [3.8, 4) is 0 Å². The number of carbonyl (C=O) groups is 1. The second kappa shape index (κ2) is 17.6. The van der Waals surface area contributed by atoms with Gasteiger partial charge in [0.05, 0.1) is 5.56 Å². The van der Waals surface area contributed by atoms with Crippen molar-refractivity contribution < 1.29 is 18.0 Å². The van der Waals surface area contributed by atoms with Gasteiger partial charge in [-0.15, -0.1) is 0 Å². The second-order valence-corrected chi connectivity index (χ2v) is 13.2. The fraction of sp³-hybridized carbons (Fsp3) is 0.447. The summed E-state index contributed by atoms with van der Waals surface area (Å²) in [7, 11) is 0. The summed E-state index contributed by atoms with van der Waals surface area (Å²) in [6, 6.07) is 16.0. The molecule has 0 aliphatic carbocycles. The van der Waals surface area contributed by atoms with Crippen LogP contribution in [0.25, 0.3) is 0 Å². The molecule has 3 aromatic carbocycles. The molecule has 0 spiro atoms. The molecule has 0 atom stereocenters. The summed E-state index contributed by atoms with van der Waals surface area (Å²) in [6.07, 6.45) is -0.583. The van der Waals surface area contributed by atoms with Gasteiger partial charge in [0.1, 0.15) is 0 Å². The fourth-order valence-corrected chi connectivity index (χ4v) is 6.24. The number of hydrogen-bond donors (Lipinski definition) is 1. The van der Waals surface area contributed by atoms with E-state index in [4.69, 9.17) is 0 Å². The van der Waals surface area contributed by atoms with Crippen molar-refractivity contribution in [2.75, 3.05) is 29.9 Å². The Morgan fingerprint density at radius 3 is 2.28 bits per heavy atom. The third-order valence-electron chi connectivity index (χ3n) is 7.45. The number of carbonyl (C=O) groups excluding carboxylic acids is 1. The molecular formula is C38H50F3N3OS. The number of benzene rings is 3. The van der Waals surface area contributed by atoms with Crippen molar-refractivity contribution in [1.82, 2.24) is 4.90 Å². The molecule has 0 fully saturated rings. The van der Waals surface area contributed by atoms with Crippen LogP contribution >= 0.6 is 11.8 Å². The molecule has 4 rings (SSSR count). The van der Waals surface area contributed by atoms with Crippen LogP contribution in [0, 0.1) is 6.92 Å². The van der Waals surface area contributed by atoms with Crippen molar-refractivity contribution in [2.45, 2.75) is 98.3 Å². The Bertz CT molecular complexity index is 1470. The van der Waals surface area contributed by atoms with Gasteiger partial charge in [0.15, 0.2) is 0 Å². The molecule has 8 heteroatoms. The summed E-state index contributed by atoms with van der Waals surface area (Å²) >= 11 is 1.73. The summed E-state index contributed by atoms with van der Waals surface area (Å²) in [5.41, 5.74) is 6.19. The molecule has 250 valence electrons. The SMILES string of the molecule is CCC.CCCN(CCC)Cc1cc(C(=O)Nc2ccc3c(c2)N(Cc2ccc(C)c(SC=C(C)C)c2)CC3)cc(C(F)(F)F)c1. The zero-order valence-corrected chi connectivity index (χ0v) is 29.3. The van der Waals surface area contributed by atoms with Crippen LogP contribution in [0.15, 0.2) is 70.5 Å². The van der Waals surface area contributed by atoms with E-state index in [0.29, 0.717) is 17.8 Å². The minimum atomic E-state index is -4.54. The van der Waals surface area contributed by atoms with E-state index in [-0.39, 0.29) is 5.56 Å². The molecular weight excluding hydrogens is 603 g/mol. The zero-order chi connectivity index (χ0) is 33.9. The largest absolute Gasteiger partial charge is 0.416 e. The van der Waals surface area contributed by atoms with Crippen molar-refractivity contribution >= 4 is 29.0 Å². The standard InChI is InChI=1S/C35H42F3N3OS.C3H8/c1-6-13-40(14-7-2)21-27-16-29(19-30(17-27)35(36,37)38)34(42)39-31-11-10-28-12-15-41(32(28)20-31)22-26-9-8-25(5)33(18-26)43-23-24(3)4;1-3-2/h8-11,16-20,23H,6-7,12-15,21-22H2,1-5H3,(H,39,42);3H2,1-2H3. The van der Waals surface area contributed by atoms with Gasteiger partial charge in [0.25, 0.3) is 5.91 Å². The lowest BCUT2D eigenvalue weighted by atomic mass is 10.0. The number of fused-ring (bicyclic) bond motifs is 1. The summed E-state index contributed by atoms with van der Waals surface area (Å²) < 4.78 is 41.4. The predicted octanol–water partition coefficient (Wildman–Crippen LogP) is 10.9. The molecule has 1 heterocycles. The minimum Gasteiger partial charge on any atom is -0.367 e. The van der Waals surface area contributed by atoms with Crippen LogP contribution < -0.4 is 10.2 Å². The Morgan fingerprint density at radius 2 is 1.65 bits per heavy atom. The van der Waals surface area contributed by atoms with Gasteiger partial charge in [-0.3, -0.25) is 9.69 Å². The first kappa shape index (κ1) is 37.2. The van der Waals surface area contributed by atoms with Gasteiger partial charge in [-0.05, 0) is 117 Å².